The molecule has 1 aromatic rings. The molecular weight excluding hydrogens is 266 g/mol. The van der Waals surface area contributed by atoms with E-state index in [1.54, 1.807) is 0 Å². The van der Waals surface area contributed by atoms with E-state index in [1.807, 2.05) is 19.9 Å². The smallest absolute Gasteiger partial charge is 0.231 e. The van der Waals surface area contributed by atoms with E-state index >= 15 is 0 Å². The predicted molar refractivity (Wildman–Crippen MR) is 80.7 cm³/mol. The van der Waals surface area contributed by atoms with Gasteiger partial charge in [0.2, 0.25) is 5.91 Å². The molecule has 0 bridgehead atoms. The number of aromatic nitrogens is 1. The number of carbonyl (C=O) groups excluding carboxylic acids is 1. The molecule has 6 heteroatoms. The van der Waals surface area contributed by atoms with Gasteiger partial charge in [-0.1, -0.05) is 0 Å². The number of rotatable bonds is 4. The van der Waals surface area contributed by atoms with Crippen LogP contribution in [0.3, 0.4) is 0 Å². The Hall–Kier alpha value is -2.13. The van der Waals surface area contributed by atoms with Crippen molar-refractivity contribution in [2.75, 3.05) is 25.0 Å². The molecule has 2 rings (SSSR count). The number of pyridine rings is 1. The van der Waals surface area contributed by atoms with Crippen LogP contribution in [0.1, 0.15) is 29.8 Å². The number of hydrogen-bond donors (Lipinski definition) is 2. The number of nitrogens with two attached hydrogens (primary N) is 1. The summed E-state index contributed by atoms with van der Waals surface area (Å²) in [4.78, 5) is 17.3. The Kier molecular flexibility index (Phi) is 4.76. The van der Waals surface area contributed by atoms with Crippen molar-refractivity contribution in [2.45, 2.75) is 32.7 Å². The van der Waals surface area contributed by atoms with Gasteiger partial charge in [0.25, 0.3) is 0 Å². The maximum atomic E-state index is 10.9. The Balaban J connectivity index is 2.01. The predicted octanol–water partition coefficient (Wildman–Crippen LogP) is 0.932. The summed E-state index contributed by atoms with van der Waals surface area (Å²) in [6.45, 7) is 5.78. The molecule has 0 aliphatic carbocycles. The molecule has 1 aliphatic rings. The lowest BCUT2D eigenvalue weighted by Gasteiger charge is -2.32. The Bertz CT molecular complexity index is 570. The van der Waals surface area contributed by atoms with E-state index in [0.717, 1.165) is 43.0 Å². The number of nitrogens with one attached hydrogen (secondary N) is 1. The molecule has 6 nitrogen and oxygen atoms in total. The summed E-state index contributed by atoms with van der Waals surface area (Å²) in [6.07, 6.45) is 1.86. The van der Waals surface area contributed by atoms with Gasteiger partial charge in [0.15, 0.2) is 0 Å². The molecule has 0 atom stereocenters. The summed E-state index contributed by atoms with van der Waals surface area (Å²) in [5.74, 6) is -0.284. The molecule has 1 saturated heterocycles. The SMILES string of the molecule is Cc1cc(NC2CCN(CC(N)=O)CC2)c(C#N)c(C)n1. The fourth-order valence-electron chi connectivity index (χ4n) is 2.76. The maximum Gasteiger partial charge on any atom is 0.231 e. The second-order valence-corrected chi connectivity index (χ2v) is 5.54. The highest BCUT2D eigenvalue weighted by Gasteiger charge is 2.21. The van der Waals surface area contributed by atoms with Crippen molar-refractivity contribution in [2.24, 2.45) is 5.73 Å². The van der Waals surface area contributed by atoms with Gasteiger partial charge in [-0.05, 0) is 32.8 Å². The average Bonchev–Trinajstić information content (AvgIpc) is 2.40. The quantitative estimate of drug-likeness (QED) is 0.859. The third-order valence-electron chi connectivity index (χ3n) is 3.77. The topological polar surface area (TPSA) is 95.0 Å². The minimum absolute atomic E-state index is 0.284. The standard InChI is InChI=1S/C15H21N5O/c1-10-7-14(13(8-16)11(2)18-10)19-12-3-5-20(6-4-12)9-15(17)21/h7,12H,3-6,9H2,1-2H3,(H2,17,21)(H,18,19). The summed E-state index contributed by atoms with van der Waals surface area (Å²) in [6, 6.07) is 4.44. The molecule has 0 unspecified atom stereocenters. The number of amides is 1. The maximum absolute atomic E-state index is 10.9. The molecule has 1 fully saturated rings. The lowest BCUT2D eigenvalue weighted by atomic mass is 10.0. The number of nitriles is 1. The highest BCUT2D eigenvalue weighted by atomic mass is 16.1. The van der Waals surface area contributed by atoms with Crippen molar-refractivity contribution in [3.05, 3.63) is 23.0 Å². The highest BCUT2D eigenvalue weighted by Crippen LogP contribution is 2.22. The van der Waals surface area contributed by atoms with Crippen LogP contribution in [0.2, 0.25) is 0 Å². The number of likely N-dealkylation sites (tertiary alicyclic amines) is 1. The van der Waals surface area contributed by atoms with Crippen LogP contribution < -0.4 is 11.1 Å². The summed E-state index contributed by atoms with van der Waals surface area (Å²) in [5.41, 5.74) is 8.34. The van der Waals surface area contributed by atoms with Gasteiger partial charge in [-0.2, -0.15) is 5.26 Å². The molecule has 2 heterocycles. The lowest BCUT2D eigenvalue weighted by molar-refractivity contribution is -0.119. The fourth-order valence-corrected chi connectivity index (χ4v) is 2.76. The van der Waals surface area contributed by atoms with E-state index in [4.69, 9.17) is 5.73 Å². The van der Waals surface area contributed by atoms with Crippen molar-refractivity contribution in [1.82, 2.24) is 9.88 Å². The lowest BCUT2D eigenvalue weighted by Crippen LogP contribution is -2.43. The van der Waals surface area contributed by atoms with Crippen molar-refractivity contribution in [3.63, 3.8) is 0 Å². The molecule has 0 spiro atoms. The summed E-state index contributed by atoms with van der Waals surface area (Å²) in [5, 5.41) is 12.7. The van der Waals surface area contributed by atoms with Gasteiger partial charge in [-0.25, -0.2) is 0 Å². The van der Waals surface area contributed by atoms with Gasteiger partial charge >= 0.3 is 0 Å². The van der Waals surface area contributed by atoms with Crippen LogP contribution in [0.15, 0.2) is 6.07 Å². The number of anilines is 1. The minimum Gasteiger partial charge on any atom is -0.381 e. The Labute approximate surface area is 124 Å². The molecule has 1 amide bonds. The monoisotopic (exact) mass is 287 g/mol. The number of aryl methyl sites for hydroxylation is 2. The first kappa shape index (κ1) is 15.3. The van der Waals surface area contributed by atoms with E-state index in [9.17, 15) is 10.1 Å². The zero-order valence-corrected chi connectivity index (χ0v) is 12.5. The molecule has 0 saturated carbocycles. The van der Waals surface area contributed by atoms with Crippen LogP contribution in [0, 0.1) is 25.2 Å². The number of carbonyl (C=O) groups is 1. The van der Waals surface area contributed by atoms with Crippen LogP contribution in [-0.4, -0.2) is 41.5 Å². The van der Waals surface area contributed by atoms with Gasteiger partial charge < -0.3 is 11.1 Å². The van der Waals surface area contributed by atoms with E-state index in [-0.39, 0.29) is 5.91 Å². The van der Waals surface area contributed by atoms with Gasteiger partial charge in [0.05, 0.1) is 23.5 Å². The molecule has 0 aromatic carbocycles. The molecule has 1 aliphatic heterocycles. The van der Waals surface area contributed by atoms with Crippen LogP contribution in [-0.2, 0) is 4.79 Å². The first-order valence-electron chi connectivity index (χ1n) is 7.15. The summed E-state index contributed by atoms with van der Waals surface area (Å²) < 4.78 is 0. The molecular formula is C15H21N5O. The second-order valence-electron chi connectivity index (χ2n) is 5.54. The van der Waals surface area contributed by atoms with Crippen molar-refractivity contribution >= 4 is 11.6 Å². The first-order chi connectivity index (χ1) is 9.99. The van der Waals surface area contributed by atoms with Gasteiger partial charge in [-0.15, -0.1) is 0 Å². The van der Waals surface area contributed by atoms with E-state index in [2.05, 4.69) is 21.3 Å². The van der Waals surface area contributed by atoms with Gasteiger partial charge in [0, 0.05) is 24.8 Å². The van der Waals surface area contributed by atoms with Crippen molar-refractivity contribution in [1.29, 1.82) is 5.26 Å². The average molecular weight is 287 g/mol. The molecule has 3 N–H and O–H groups in total. The van der Waals surface area contributed by atoms with Gasteiger partial charge in [-0.3, -0.25) is 14.7 Å². The number of hydrogen-bond acceptors (Lipinski definition) is 5. The van der Waals surface area contributed by atoms with E-state index < -0.39 is 0 Å². The number of primary amides is 1. The normalized spacial score (nSPS) is 16.4. The number of nitrogens with zero attached hydrogens (tertiary/aromatic N) is 3. The molecule has 1 aromatic heterocycles. The highest BCUT2D eigenvalue weighted by molar-refractivity contribution is 5.75. The summed E-state index contributed by atoms with van der Waals surface area (Å²) >= 11 is 0. The van der Waals surface area contributed by atoms with Crippen molar-refractivity contribution < 1.29 is 4.79 Å². The molecule has 112 valence electrons. The van der Waals surface area contributed by atoms with Crippen LogP contribution in [0.25, 0.3) is 0 Å². The van der Waals surface area contributed by atoms with Crippen LogP contribution in [0.5, 0.6) is 0 Å². The minimum atomic E-state index is -0.284. The first-order valence-corrected chi connectivity index (χ1v) is 7.15. The second kappa shape index (κ2) is 6.55. The van der Waals surface area contributed by atoms with Crippen LogP contribution >= 0.6 is 0 Å². The van der Waals surface area contributed by atoms with Crippen molar-refractivity contribution in [3.8, 4) is 6.07 Å². The van der Waals surface area contributed by atoms with E-state index in [0.29, 0.717) is 18.2 Å². The Morgan fingerprint density at radius 2 is 2.19 bits per heavy atom. The van der Waals surface area contributed by atoms with Gasteiger partial charge in [0.1, 0.15) is 6.07 Å². The molecule has 21 heavy (non-hydrogen) atoms. The van der Waals surface area contributed by atoms with Crippen LogP contribution in [0.4, 0.5) is 5.69 Å². The largest absolute Gasteiger partial charge is 0.381 e. The Morgan fingerprint density at radius 3 is 2.76 bits per heavy atom. The summed E-state index contributed by atoms with van der Waals surface area (Å²) in [7, 11) is 0. The fraction of sp³-hybridized carbons (Fsp3) is 0.533. The zero-order chi connectivity index (χ0) is 15.4. The third kappa shape index (κ3) is 3.92. The Morgan fingerprint density at radius 1 is 1.52 bits per heavy atom. The molecule has 0 radical (unpaired) electrons. The number of piperidine rings is 1. The third-order valence-corrected chi connectivity index (χ3v) is 3.77. The van der Waals surface area contributed by atoms with E-state index in [1.165, 1.54) is 0 Å². The zero-order valence-electron chi connectivity index (χ0n) is 12.5.